The van der Waals surface area contributed by atoms with E-state index in [1.165, 1.54) is 34.5 Å². The molecule has 0 fully saturated rings. The molecule has 1 heterocycles. The molecule has 2 heteroatoms. The molecule has 0 amide bonds. The first kappa shape index (κ1) is 17.6. The van der Waals surface area contributed by atoms with Gasteiger partial charge in [-0.2, -0.15) is 0 Å². The number of anilines is 2. The van der Waals surface area contributed by atoms with Gasteiger partial charge in [-0.05, 0) is 68.1 Å². The van der Waals surface area contributed by atoms with Crippen molar-refractivity contribution in [3.63, 3.8) is 0 Å². The lowest BCUT2D eigenvalue weighted by Gasteiger charge is -2.34. The number of allylic oxidation sites excluding steroid dienone is 1. The first-order valence-corrected chi connectivity index (χ1v) is 9.31. The van der Waals surface area contributed by atoms with E-state index < -0.39 is 0 Å². The van der Waals surface area contributed by atoms with Crippen LogP contribution in [0.15, 0.2) is 54.7 Å². The van der Waals surface area contributed by atoms with Crippen molar-refractivity contribution in [1.29, 1.82) is 0 Å². The van der Waals surface area contributed by atoms with Gasteiger partial charge in [-0.1, -0.05) is 50.3 Å². The van der Waals surface area contributed by atoms with Gasteiger partial charge in [0.05, 0.1) is 0 Å². The lowest BCUT2D eigenvalue weighted by molar-refractivity contribution is 0.539. The molecule has 3 rings (SSSR count). The van der Waals surface area contributed by atoms with E-state index in [1.807, 2.05) is 0 Å². The number of hydrogen-bond donors (Lipinski definition) is 2. The van der Waals surface area contributed by atoms with Crippen molar-refractivity contribution >= 4 is 11.4 Å². The van der Waals surface area contributed by atoms with Gasteiger partial charge in [-0.3, -0.25) is 0 Å². The summed E-state index contributed by atoms with van der Waals surface area (Å²) in [5, 5.41) is 7.16. The lowest BCUT2D eigenvalue weighted by Crippen LogP contribution is -2.26. The van der Waals surface area contributed by atoms with Crippen LogP contribution in [0.4, 0.5) is 11.4 Å². The fourth-order valence-electron chi connectivity index (χ4n) is 3.94. The molecule has 0 saturated carbocycles. The maximum atomic E-state index is 3.70. The Labute approximate surface area is 152 Å². The highest BCUT2D eigenvalue weighted by Gasteiger charge is 2.32. The van der Waals surface area contributed by atoms with Crippen molar-refractivity contribution < 1.29 is 0 Å². The average Bonchev–Trinajstić information content (AvgIpc) is 2.56. The van der Waals surface area contributed by atoms with Crippen LogP contribution in [-0.2, 0) is 5.41 Å². The standard InChI is InChI=1S/C23H30N2/c1-16(2)13-18(4)25-20-14-17(3)22-21(15-20)23(5,11-12-24-22)19-9-7-6-8-10-19/h6-12,14-16,18,24-25H,13H2,1-5H3. The SMILES string of the molecule is Cc1cc(NC(C)CC(C)C)cc2c1NC=CC2(C)c1ccccc1. The summed E-state index contributed by atoms with van der Waals surface area (Å²) in [4.78, 5) is 0. The van der Waals surface area contributed by atoms with Crippen LogP contribution < -0.4 is 10.6 Å². The van der Waals surface area contributed by atoms with Gasteiger partial charge in [0, 0.05) is 22.8 Å². The van der Waals surface area contributed by atoms with Crippen molar-refractivity contribution in [2.45, 2.75) is 52.5 Å². The molecule has 1 aliphatic heterocycles. The summed E-state index contributed by atoms with van der Waals surface area (Å²) < 4.78 is 0. The Balaban J connectivity index is 2.01. The summed E-state index contributed by atoms with van der Waals surface area (Å²) in [6.07, 6.45) is 5.52. The average molecular weight is 335 g/mol. The van der Waals surface area contributed by atoms with Crippen LogP contribution in [0.2, 0.25) is 0 Å². The second kappa shape index (κ2) is 6.95. The van der Waals surface area contributed by atoms with Gasteiger partial charge in [0.1, 0.15) is 0 Å². The van der Waals surface area contributed by atoms with E-state index in [-0.39, 0.29) is 5.41 Å². The summed E-state index contributed by atoms with van der Waals surface area (Å²) in [6, 6.07) is 15.8. The van der Waals surface area contributed by atoms with Crippen LogP contribution >= 0.6 is 0 Å². The third kappa shape index (κ3) is 3.58. The number of nitrogens with one attached hydrogen (secondary N) is 2. The number of aryl methyl sites for hydroxylation is 1. The van der Waals surface area contributed by atoms with Gasteiger partial charge < -0.3 is 10.6 Å². The van der Waals surface area contributed by atoms with Gasteiger partial charge in [-0.25, -0.2) is 0 Å². The molecular formula is C23H30N2. The van der Waals surface area contributed by atoms with E-state index >= 15 is 0 Å². The van der Waals surface area contributed by atoms with Gasteiger partial charge in [-0.15, -0.1) is 0 Å². The Hall–Kier alpha value is -2.22. The molecule has 0 spiro atoms. The lowest BCUT2D eigenvalue weighted by atomic mass is 9.73. The minimum Gasteiger partial charge on any atom is -0.383 e. The minimum absolute atomic E-state index is 0.119. The van der Waals surface area contributed by atoms with Crippen molar-refractivity contribution in [2.75, 3.05) is 10.6 Å². The normalized spacial score (nSPS) is 20.1. The Morgan fingerprint density at radius 3 is 2.48 bits per heavy atom. The van der Waals surface area contributed by atoms with Crippen LogP contribution in [-0.4, -0.2) is 6.04 Å². The van der Waals surface area contributed by atoms with Gasteiger partial charge >= 0.3 is 0 Å². The smallest absolute Gasteiger partial charge is 0.0455 e. The molecule has 2 atom stereocenters. The number of fused-ring (bicyclic) bond motifs is 1. The summed E-state index contributed by atoms with van der Waals surface area (Å²) in [5.41, 5.74) is 6.26. The van der Waals surface area contributed by atoms with E-state index in [2.05, 4.69) is 100.0 Å². The van der Waals surface area contributed by atoms with Gasteiger partial charge in [0.15, 0.2) is 0 Å². The van der Waals surface area contributed by atoms with Crippen molar-refractivity contribution in [3.05, 3.63) is 71.4 Å². The Bertz CT molecular complexity index is 761. The molecule has 2 N–H and O–H groups in total. The maximum Gasteiger partial charge on any atom is 0.0455 e. The van der Waals surface area contributed by atoms with E-state index in [9.17, 15) is 0 Å². The van der Waals surface area contributed by atoms with Crippen LogP contribution in [0.1, 0.15) is 50.8 Å². The second-order valence-corrected chi connectivity index (χ2v) is 7.94. The van der Waals surface area contributed by atoms with E-state index in [0.29, 0.717) is 12.0 Å². The molecule has 0 aliphatic carbocycles. The largest absolute Gasteiger partial charge is 0.383 e. The maximum absolute atomic E-state index is 3.70. The van der Waals surface area contributed by atoms with Crippen molar-refractivity contribution in [3.8, 4) is 0 Å². The highest BCUT2D eigenvalue weighted by Crippen LogP contribution is 2.43. The third-order valence-electron chi connectivity index (χ3n) is 5.15. The predicted octanol–water partition coefficient (Wildman–Crippen LogP) is 6.09. The zero-order valence-corrected chi connectivity index (χ0v) is 16.1. The first-order valence-electron chi connectivity index (χ1n) is 9.31. The summed E-state index contributed by atoms with van der Waals surface area (Å²) in [5.74, 6) is 0.695. The van der Waals surface area contributed by atoms with Gasteiger partial charge in [0.2, 0.25) is 0 Å². The molecule has 2 nitrogen and oxygen atoms in total. The van der Waals surface area contributed by atoms with Crippen molar-refractivity contribution in [1.82, 2.24) is 0 Å². The quantitative estimate of drug-likeness (QED) is 0.691. The predicted molar refractivity (Wildman–Crippen MR) is 109 cm³/mol. The highest BCUT2D eigenvalue weighted by atomic mass is 14.9. The molecule has 0 saturated heterocycles. The zero-order valence-electron chi connectivity index (χ0n) is 16.1. The first-order chi connectivity index (χ1) is 11.9. The van der Waals surface area contributed by atoms with Crippen LogP contribution in [0, 0.1) is 12.8 Å². The van der Waals surface area contributed by atoms with E-state index in [1.54, 1.807) is 0 Å². The molecule has 2 aromatic carbocycles. The summed E-state index contributed by atoms with van der Waals surface area (Å²) >= 11 is 0. The molecule has 132 valence electrons. The van der Waals surface area contributed by atoms with Crippen LogP contribution in [0.3, 0.4) is 0 Å². The zero-order chi connectivity index (χ0) is 18.0. The summed E-state index contributed by atoms with van der Waals surface area (Å²) in [7, 11) is 0. The topological polar surface area (TPSA) is 24.1 Å². The highest BCUT2D eigenvalue weighted by molar-refractivity contribution is 5.72. The molecule has 1 aliphatic rings. The van der Waals surface area contributed by atoms with Crippen LogP contribution in [0.25, 0.3) is 0 Å². The Kier molecular flexibility index (Phi) is 4.89. The van der Waals surface area contributed by atoms with E-state index in [0.717, 1.165) is 0 Å². The Morgan fingerprint density at radius 2 is 1.80 bits per heavy atom. The van der Waals surface area contributed by atoms with Gasteiger partial charge in [0.25, 0.3) is 0 Å². The second-order valence-electron chi connectivity index (χ2n) is 7.94. The Morgan fingerprint density at radius 1 is 1.08 bits per heavy atom. The number of hydrogen-bond acceptors (Lipinski definition) is 2. The molecule has 2 unspecified atom stereocenters. The summed E-state index contributed by atoms with van der Waals surface area (Å²) in [6.45, 7) is 11.3. The number of benzene rings is 2. The molecule has 0 radical (unpaired) electrons. The fraction of sp³-hybridized carbons (Fsp3) is 0.391. The third-order valence-corrected chi connectivity index (χ3v) is 5.15. The molecular weight excluding hydrogens is 304 g/mol. The molecule has 0 aromatic heterocycles. The number of rotatable bonds is 5. The molecule has 0 bridgehead atoms. The van der Waals surface area contributed by atoms with Crippen molar-refractivity contribution in [2.24, 2.45) is 5.92 Å². The fourth-order valence-corrected chi connectivity index (χ4v) is 3.94. The van der Waals surface area contributed by atoms with Crippen LogP contribution in [0.5, 0.6) is 0 Å². The monoisotopic (exact) mass is 334 g/mol. The van der Waals surface area contributed by atoms with E-state index in [4.69, 9.17) is 0 Å². The molecule has 2 aromatic rings. The minimum atomic E-state index is -0.119. The molecule has 25 heavy (non-hydrogen) atoms.